The third-order valence-corrected chi connectivity index (χ3v) is 9.94. The predicted molar refractivity (Wildman–Crippen MR) is 210 cm³/mol. The van der Waals surface area contributed by atoms with Crippen LogP contribution in [-0.4, -0.2) is 31.5 Å². The number of carbonyl (C=O) groups excluding carboxylic acids is 2. The number of aromatic amines is 2. The zero-order chi connectivity index (χ0) is 36.6. The van der Waals surface area contributed by atoms with E-state index >= 15 is 0 Å². The molecule has 0 amide bonds. The number of halogens is 1. The first-order valence-corrected chi connectivity index (χ1v) is 18.0. The van der Waals surface area contributed by atoms with Gasteiger partial charge in [0.2, 0.25) is 0 Å². The molecule has 2 aromatic carbocycles. The lowest BCUT2D eigenvalue weighted by Crippen LogP contribution is -2.26. The molecule has 2 aliphatic rings. The Kier molecular flexibility index (Phi) is 9.36. The lowest BCUT2D eigenvalue weighted by Gasteiger charge is -2.28. The van der Waals surface area contributed by atoms with Gasteiger partial charge >= 0.3 is 0 Å². The van der Waals surface area contributed by atoms with Crippen LogP contribution in [0.1, 0.15) is 78.2 Å². The van der Waals surface area contributed by atoms with Gasteiger partial charge in [-0.15, -0.1) is 0 Å². The van der Waals surface area contributed by atoms with Gasteiger partial charge in [-0.1, -0.05) is 69.6 Å². The minimum atomic E-state index is -0.0573. The molecule has 2 aliphatic carbocycles. The molecule has 0 saturated heterocycles. The topological polar surface area (TPSA) is 116 Å². The molecule has 264 valence electrons. The number of Topliss-reactive ketones (excluding diaryl/α,β-unsaturated/α-hetero) is 2. The Labute approximate surface area is 309 Å². The van der Waals surface area contributed by atoms with Crippen LogP contribution in [0.15, 0.2) is 97.6 Å². The normalized spacial score (nSPS) is 15.6. The maximum atomic E-state index is 13.0. The second-order valence-electron chi connectivity index (χ2n) is 15.4. The summed E-state index contributed by atoms with van der Waals surface area (Å²) in [6.07, 6.45) is 9.66. The van der Waals surface area contributed by atoms with Crippen LogP contribution >= 0.6 is 11.6 Å². The van der Waals surface area contributed by atoms with E-state index in [4.69, 9.17) is 11.6 Å². The number of ketones is 2. The van der Waals surface area contributed by atoms with E-state index in [0.717, 1.165) is 80.6 Å². The second kappa shape index (κ2) is 13.9. The number of benzene rings is 2. The number of carbonyl (C=O) groups is 2. The van der Waals surface area contributed by atoms with E-state index in [0.29, 0.717) is 17.9 Å². The Hall–Kier alpha value is -5.47. The van der Waals surface area contributed by atoms with Gasteiger partial charge < -0.3 is 20.6 Å². The van der Waals surface area contributed by atoms with Crippen LogP contribution in [0.5, 0.6) is 0 Å². The smallest absolute Gasteiger partial charge is 0.167 e. The summed E-state index contributed by atoms with van der Waals surface area (Å²) < 4.78 is 0. The summed E-state index contributed by atoms with van der Waals surface area (Å²) in [5.41, 5.74) is 11.9. The Balaban J connectivity index is 0.000000162. The number of aryl methyl sites for hydroxylation is 1. The van der Waals surface area contributed by atoms with Gasteiger partial charge in [0, 0.05) is 71.5 Å². The van der Waals surface area contributed by atoms with Crippen molar-refractivity contribution in [3.63, 3.8) is 0 Å². The van der Waals surface area contributed by atoms with Crippen molar-refractivity contribution in [2.75, 3.05) is 10.6 Å². The average Bonchev–Trinajstić information content (AvgIpc) is 3.62. The summed E-state index contributed by atoms with van der Waals surface area (Å²) >= 11 is 6.39. The highest BCUT2D eigenvalue weighted by atomic mass is 35.5. The first kappa shape index (κ1) is 35.0. The fourth-order valence-corrected chi connectivity index (χ4v) is 7.62. The summed E-state index contributed by atoms with van der Waals surface area (Å²) in [5, 5.41) is 7.49. The van der Waals surface area contributed by atoms with Crippen LogP contribution in [-0.2, 0) is 12.8 Å². The molecule has 0 bridgehead atoms. The molecular formula is C43H43ClN6O2. The molecule has 0 unspecified atom stereocenters. The van der Waals surface area contributed by atoms with Gasteiger partial charge in [0.1, 0.15) is 0 Å². The molecule has 0 atom stereocenters. The monoisotopic (exact) mass is 710 g/mol. The fourth-order valence-electron chi connectivity index (χ4n) is 7.41. The molecular weight excluding hydrogens is 668 g/mol. The number of hydrogen-bond acceptors (Lipinski definition) is 6. The quantitative estimate of drug-likeness (QED) is 0.137. The van der Waals surface area contributed by atoms with Crippen LogP contribution in [0.2, 0.25) is 5.02 Å². The van der Waals surface area contributed by atoms with E-state index in [2.05, 4.69) is 77.3 Å². The molecule has 0 radical (unpaired) electrons. The van der Waals surface area contributed by atoms with Crippen molar-refractivity contribution in [3.8, 4) is 22.5 Å². The van der Waals surface area contributed by atoms with Gasteiger partial charge in [-0.3, -0.25) is 19.6 Å². The number of nitrogens with zero attached hydrogens (tertiary/aromatic N) is 2. The first-order valence-electron chi connectivity index (χ1n) is 17.6. The molecule has 6 aromatic rings. The van der Waals surface area contributed by atoms with Crippen molar-refractivity contribution in [3.05, 3.63) is 131 Å². The van der Waals surface area contributed by atoms with Gasteiger partial charge in [0.15, 0.2) is 11.6 Å². The highest BCUT2D eigenvalue weighted by Crippen LogP contribution is 2.45. The van der Waals surface area contributed by atoms with Gasteiger partial charge in [0.05, 0.1) is 38.9 Å². The van der Waals surface area contributed by atoms with E-state index < -0.39 is 0 Å². The summed E-state index contributed by atoms with van der Waals surface area (Å²) in [5.74, 6) is 0.352. The standard InChI is InChI=1S/C22H23N3O.C21H20ClN3O/c1-14-5-4-6-16(11-14)24-21-19-17(12-22(2,3)13-18(19)26)25-20(21)15-7-9-23-10-8-15;1-21(2)10-16-18(17(26)11-21)20(24-13-6-4-3-5-7-13)19(25-16)14-8-9-23-12-15(14)22/h4-11,24-25H,12-13H2,1-3H3;3-9,12,24-25H,10-11H2,1-2H3. The number of aromatic nitrogens is 4. The van der Waals surface area contributed by atoms with Crippen molar-refractivity contribution < 1.29 is 9.59 Å². The largest absolute Gasteiger partial charge is 0.356 e. The van der Waals surface area contributed by atoms with E-state index in [-0.39, 0.29) is 22.4 Å². The van der Waals surface area contributed by atoms with E-state index in [9.17, 15) is 9.59 Å². The molecule has 4 N–H and O–H groups in total. The maximum absolute atomic E-state index is 13.0. The SMILES string of the molecule is CC1(C)CC(=O)c2c([nH]c(-c3ccncc3Cl)c2Nc2ccccc2)C1.Cc1cccc(Nc2c(-c3ccncc3)[nH]c3c2C(=O)CC(C)(C)C3)c1. The molecule has 8 rings (SSSR count). The second-order valence-corrected chi connectivity index (χ2v) is 15.8. The maximum Gasteiger partial charge on any atom is 0.167 e. The Bertz CT molecular complexity index is 2270. The molecule has 0 spiro atoms. The summed E-state index contributed by atoms with van der Waals surface area (Å²) in [6, 6.07) is 23.9. The molecule has 4 aromatic heterocycles. The molecule has 52 heavy (non-hydrogen) atoms. The first-order chi connectivity index (χ1) is 24.9. The van der Waals surface area contributed by atoms with Crippen LogP contribution < -0.4 is 10.6 Å². The fraction of sp³-hybridized carbons (Fsp3) is 0.256. The van der Waals surface area contributed by atoms with Crippen LogP contribution in [0.3, 0.4) is 0 Å². The number of H-pyrrole nitrogens is 2. The Morgan fingerprint density at radius 3 is 1.83 bits per heavy atom. The highest BCUT2D eigenvalue weighted by molar-refractivity contribution is 6.33. The van der Waals surface area contributed by atoms with Gasteiger partial charge in [-0.2, -0.15) is 0 Å². The van der Waals surface area contributed by atoms with Crippen molar-refractivity contribution in [1.29, 1.82) is 0 Å². The van der Waals surface area contributed by atoms with Crippen LogP contribution in [0.25, 0.3) is 22.5 Å². The molecule has 0 saturated carbocycles. The minimum Gasteiger partial charge on any atom is -0.356 e. The lowest BCUT2D eigenvalue weighted by molar-refractivity contribution is 0.0903. The predicted octanol–water partition coefficient (Wildman–Crippen LogP) is 10.9. The number of pyridine rings is 2. The number of fused-ring (bicyclic) bond motifs is 2. The summed E-state index contributed by atoms with van der Waals surface area (Å²) in [7, 11) is 0. The zero-order valence-corrected chi connectivity index (χ0v) is 30.9. The van der Waals surface area contributed by atoms with Crippen LogP contribution in [0, 0.1) is 17.8 Å². The third-order valence-electron chi connectivity index (χ3n) is 9.64. The zero-order valence-electron chi connectivity index (χ0n) is 30.2. The lowest BCUT2D eigenvalue weighted by atomic mass is 9.76. The number of nitrogens with one attached hydrogen (secondary N) is 4. The molecule has 0 fully saturated rings. The molecule has 4 heterocycles. The Morgan fingerprint density at radius 1 is 0.654 bits per heavy atom. The van der Waals surface area contributed by atoms with E-state index in [1.54, 1.807) is 24.8 Å². The van der Waals surface area contributed by atoms with E-state index in [1.165, 1.54) is 5.56 Å². The number of hydrogen-bond donors (Lipinski definition) is 4. The molecule has 8 nitrogen and oxygen atoms in total. The minimum absolute atomic E-state index is 0.0228. The van der Waals surface area contributed by atoms with Crippen molar-refractivity contribution in [1.82, 2.24) is 19.9 Å². The highest BCUT2D eigenvalue weighted by Gasteiger charge is 2.37. The van der Waals surface area contributed by atoms with E-state index in [1.807, 2.05) is 60.7 Å². The summed E-state index contributed by atoms with van der Waals surface area (Å²) in [6.45, 7) is 10.6. The molecule has 0 aliphatic heterocycles. The van der Waals surface area contributed by atoms with Crippen molar-refractivity contribution in [2.45, 2.75) is 60.3 Å². The number of rotatable bonds is 6. The van der Waals surface area contributed by atoms with Gasteiger partial charge in [0.25, 0.3) is 0 Å². The molecule has 9 heteroatoms. The van der Waals surface area contributed by atoms with Gasteiger partial charge in [-0.25, -0.2) is 0 Å². The van der Waals surface area contributed by atoms with Crippen molar-refractivity contribution >= 4 is 45.9 Å². The summed E-state index contributed by atoms with van der Waals surface area (Å²) in [4.78, 5) is 41.1. The number of para-hydroxylation sites is 1. The average molecular weight is 711 g/mol. The van der Waals surface area contributed by atoms with Crippen LogP contribution in [0.4, 0.5) is 22.7 Å². The third kappa shape index (κ3) is 7.30. The van der Waals surface area contributed by atoms with Crippen molar-refractivity contribution in [2.24, 2.45) is 10.8 Å². The Morgan fingerprint density at radius 2 is 1.21 bits per heavy atom. The van der Waals surface area contributed by atoms with Gasteiger partial charge in [-0.05, 0) is 78.6 Å². The number of anilines is 4.